The highest BCUT2D eigenvalue weighted by Crippen LogP contribution is 2.32. The molecule has 7 heteroatoms. The van der Waals surface area contributed by atoms with Crippen molar-refractivity contribution in [1.82, 2.24) is 4.90 Å². The standard InChI is InChI=1S/C14H19Cl2N3OS/c1-14(2)8-19(3-4-21-14)7-12(20)18-13-10(16)5-9(15)6-11(13)17/h5-6H,3-4,7-8,17H2,1-2H3,(H,18,20). The number of nitrogen functional groups attached to an aromatic ring is 1. The Morgan fingerprint density at radius 3 is 2.81 bits per heavy atom. The Morgan fingerprint density at radius 2 is 2.19 bits per heavy atom. The second-order valence-electron chi connectivity index (χ2n) is 5.72. The Bertz CT molecular complexity index is 528. The van der Waals surface area contributed by atoms with Crippen LogP contribution in [0.1, 0.15) is 13.8 Å². The normalized spacial score (nSPS) is 18.5. The minimum Gasteiger partial charge on any atom is -0.397 e. The van der Waals surface area contributed by atoms with E-state index in [0.29, 0.717) is 28.0 Å². The van der Waals surface area contributed by atoms with Crippen LogP contribution in [-0.4, -0.2) is 40.9 Å². The molecule has 2 rings (SSSR count). The van der Waals surface area contributed by atoms with Crippen molar-refractivity contribution in [3.63, 3.8) is 0 Å². The molecule has 21 heavy (non-hydrogen) atoms. The zero-order valence-corrected chi connectivity index (χ0v) is 14.4. The molecule has 0 aliphatic carbocycles. The van der Waals surface area contributed by atoms with Crippen LogP contribution in [0.25, 0.3) is 0 Å². The lowest BCUT2D eigenvalue weighted by molar-refractivity contribution is -0.117. The lowest BCUT2D eigenvalue weighted by atomic mass is 10.2. The summed E-state index contributed by atoms with van der Waals surface area (Å²) in [6, 6.07) is 3.14. The molecular weight excluding hydrogens is 329 g/mol. The molecule has 1 aromatic rings. The highest BCUT2D eigenvalue weighted by molar-refractivity contribution is 8.00. The van der Waals surface area contributed by atoms with E-state index in [1.807, 2.05) is 11.8 Å². The zero-order valence-electron chi connectivity index (χ0n) is 12.1. The van der Waals surface area contributed by atoms with Gasteiger partial charge in [-0.15, -0.1) is 0 Å². The molecule has 1 fully saturated rings. The summed E-state index contributed by atoms with van der Waals surface area (Å²) in [6.45, 7) is 6.51. The molecule has 0 atom stereocenters. The fraction of sp³-hybridized carbons (Fsp3) is 0.500. The summed E-state index contributed by atoms with van der Waals surface area (Å²) in [6.07, 6.45) is 0. The number of hydrogen-bond donors (Lipinski definition) is 2. The number of carbonyl (C=O) groups excluding carboxylic acids is 1. The fourth-order valence-corrected chi connectivity index (χ4v) is 4.09. The Labute approximate surface area is 139 Å². The summed E-state index contributed by atoms with van der Waals surface area (Å²) in [5.74, 6) is 0.915. The molecular formula is C14H19Cl2N3OS. The molecule has 4 nitrogen and oxygen atoms in total. The number of thioether (sulfide) groups is 1. The number of anilines is 2. The van der Waals surface area contributed by atoms with Crippen molar-refractivity contribution < 1.29 is 4.79 Å². The molecule has 1 aliphatic rings. The van der Waals surface area contributed by atoms with E-state index in [0.717, 1.165) is 18.8 Å². The number of rotatable bonds is 3. The first kappa shape index (κ1) is 16.7. The first-order chi connectivity index (χ1) is 9.77. The number of carbonyl (C=O) groups is 1. The number of nitrogens with two attached hydrogens (primary N) is 1. The van der Waals surface area contributed by atoms with Crippen molar-refractivity contribution in [1.29, 1.82) is 0 Å². The van der Waals surface area contributed by atoms with Crippen LogP contribution in [0.2, 0.25) is 10.0 Å². The molecule has 0 aromatic heterocycles. The van der Waals surface area contributed by atoms with Gasteiger partial charge >= 0.3 is 0 Å². The van der Waals surface area contributed by atoms with Crippen molar-refractivity contribution >= 4 is 52.2 Å². The molecule has 1 heterocycles. The van der Waals surface area contributed by atoms with Crippen LogP contribution < -0.4 is 11.1 Å². The summed E-state index contributed by atoms with van der Waals surface area (Å²) in [5, 5.41) is 3.58. The molecule has 0 bridgehead atoms. The zero-order chi connectivity index (χ0) is 15.6. The van der Waals surface area contributed by atoms with E-state index in [2.05, 4.69) is 24.1 Å². The average Bonchev–Trinajstić information content (AvgIpc) is 2.32. The number of hydrogen-bond acceptors (Lipinski definition) is 4. The van der Waals surface area contributed by atoms with Gasteiger partial charge in [-0.1, -0.05) is 23.2 Å². The molecule has 3 N–H and O–H groups in total. The molecule has 0 saturated carbocycles. The van der Waals surface area contributed by atoms with Crippen LogP contribution in [0.4, 0.5) is 11.4 Å². The van der Waals surface area contributed by atoms with E-state index in [4.69, 9.17) is 28.9 Å². The minimum absolute atomic E-state index is 0.117. The molecule has 116 valence electrons. The van der Waals surface area contributed by atoms with E-state index in [9.17, 15) is 4.79 Å². The minimum atomic E-state index is -0.117. The maximum atomic E-state index is 12.2. The number of nitrogens with zero attached hydrogens (tertiary/aromatic N) is 1. The van der Waals surface area contributed by atoms with Crippen molar-refractivity contribution in [2.75, 3.05) is 36.4 Å². The van der Waals surface area contributed by atoms with Gasteiger partial charge in [-0.05, 0) is 26.0 Å². The van der Waals surface area contributed by atoms with Gasteiger partial charge in [-0.2, -0.15) is 11.8 Å². The quantitative estimate of drug-likeness (QED) is 0.823. The largest absolute Gasteiger partial charge is 0.397 e. The third-order valence-electron chi connectivity index (χ3n) is 3.22. The predicted octanol–water partition coefficient (Wildman–Crippen LogP) is 3.34. The molecule has 1 amide bonds. The number of amides is 1. The first-order valence-corrected chi connectivity index (χ1v) is 8.42. The second-order valence-corrected chi connectivity index (χ2v) is 8.36. The molecule has 0 radical (unpaired) electrons. The average molecular weight is 348 g/mol. The topological polar surface area (TPSA) is 58.4 Å². The second kappa shape index (κ2) is 6.65. The number of nitrogens with one attached hydrogen (secondary N) is 1. The SMILES string of the molecule is CC1(C)CN(CC(=O)Nc2c(N)cc(Cl)cc2Cl)CCS1. The van der Waals surface area contributed by atoms with Crippen molar-refractivity contribution in [2.24, 2.45) is 0 Å². The molecule has 0 unspecified atom stereocenters. The van der Waals surface area contributed by atoms with Crippen molar-refractivity contribution in [3.05, 3.63) is 22.2 Å². The highest BCUT2D eigenvalue weighted by atomic mass is 35.5. The Kier molecular flexibility index (Phi) is 5.30. The third kappa shape index (κ3) is 4.68. The maximum Gasteiger partial charge on any atom is 0.238 e. The molecule has 1 aliphatic heterocycles. The van der Waals surface area contributed by atoms with Crippen LogP contribution in [0.3, 0.4) is 0 Å². The van der Waals surface area contributed by atoms with Gasteiger partial charge in [0.2, 0.25) is 5.91 Å². The summed E-state index contributed by atoms with van der Waals surface area (Å²) >= 11 is 13.9. The summed E-state index contributed by atoms with van der Waals surface area (Å²) < 4.78 is 0.176. The van der Waals surface area contributed by atoms with Crippen molar-refractivity contribution in [3.8, 4) is 0 Å². The third-order valence-corrected chi connectivity index (χ3v) is 5.04. The van der Waals surface area contributed by atoms with Gasteiger partial charge in [0.25, 0.3) is 0 Å². The van der Waals surface area contributed by atoms with E-state index < -0.39 is 0 Å². The van der Waals surface area contributed by atoms with Crippen LogP contribution in [0.5, 0.6) is 0 Å². The van der Waals surface area contributed by atoms with E-state index in [-0.39, 0.29) is 10.7 Å². The summed E-state index contributed by atoms with van der Waals surface area (Å²) in [5.41, 5.74) is 6.64. The van der Waals surface area contributed by atoms with E-state index in [1.165, 1.54) is 0 Å². The van der Waals surface area contributed by atoms with Gasteiger partial charge < -0.3 is 11.1 Å². The Morgan fingerprint density at radius 1 is 1.48 bits per heavy atom. The summed E-state index contributed by atoms with van der Waals surface area (Å²) in [4.78, 5) is 14.3. The Hall–Kier alpha value is -0.620. The van der Waals surface area contributed by atoms with Crippen LogP contribution in [0.15, 0.2) is 12.1 Å². The fourth-order valence-electron chi connectivity index (χ4n) is 2.36. The van der Waals surface area contributed by atoms with Gasteiger partial charge in [0.15, 0.2) is 0 Å². The smallest absolute Gasteiger partial charge is 0.238 e. The van der Waals surface area contributed by atoms with Crippen molar-refractivity contribution in [2.45, 2.75) is 18.6 Å². The molecule has 1 aromatic carbocycles. The maximum absolute atomic E-state index is 12.2. The van der Waals surface area contributed by atoms with Crippen LogP contribution in [-0.2, 0) is 4.79 Å². The van der Waals surface area contributed by atoms with E-state index in [1.54, 1.807) is 12.1 Å². The van der Waals surface area contributed by atoms with Gasteiger partial charge in [0, 0.05) is 28.6 Å². The predicted molar refractivity (Wildman–Crippen MR) is 92.5 cm³/mol. The first-order valence-electron chi connectivity index (χ1n) is 6.67. The van der Waals surface area contributed by atoms with Gasteiger partial charge in [-0.25, -0.2) is 0 Å². The Balaban J connectivity index is 1.99. The molecule has 0 spiro atoms. The highest BCUT2D eigenvalue weighted by Gasteiger charge is 2.28. The van der Waals surface area contributed by atoms with Gasteiger partial charge in [0.1, 0.15) is 0 Å². The lowest BCUT2D eigenvalue weighted by Crippen LogP contribution is -2.46. The van der Waals surface area contributed by atoms with Gasteiger partial charge in [0.05, 0.1) is 22.9 Å². The molecule has 1 saturated heterocycles. The number of benzene rings is 1. The van der Waals surface area contributed by atoms with Crippen LogP contribution >= 0.6 is 35.0 Å². The number of halogens is 2. The van der Waals surface area contributed by atoms with Crippen LogP contribution in [0, 0.1) is 0 Å². The van der Waals surface area contributed by atoms with Gasteiger partial charge in [-0.3, -0.25) is 9.69 Å². The lowest BCUT2D eigenvalue weighted by Gasteiger charge is -2.37. The van der Waals surface area contributed by atoms with E-state index >= 15 is 0 Å². The summed E-state index contributed by atoms with van der Waals surface area (Å²) in [7, 11) is 0. The monoisotopic (exact) mass is 347 g/mol.